The van der Waals surface area contributed by atoms with Crippen molar-refractivity contribution >= 4 is 17.4 Å². The predicted octanol–water partition coefficient (Wildman–Crippen LogP) is 4.21. The van der Waals surface area contributed by atoms with E-state index in [1.165, 1.54) is 0 Å². The molecule has 2 aliphatic rings. The average molecular weight is 465 g/mol. The lowest BCUT2D eigenvalue weighted by atomic mass is 9.73. The van der Waals surface area contributed by atoms with Crippen LogP contribution in [0.1, 0.15) is 48.7 Å². The Morgan fingerprint density at radius 1 is 1.09 bits per heavy atom. The summed E-state index contributed by atoms with van der Waals surface area (Å²) < 4.78 is 16.4. The van der Waals surface area contributed by atoms with Crippen LogP contribution in [0.5, 0.6) is 0 Å². The molecule has 0 amide bonds. The first kappa shape index (κ1) is 23.8. The summed E-state index contributed by atoms with van der Waals surface area (Å²) in [7, 11) is 5.56. The summed E-state index contributed by atoms with van der Waals surface area (Å²) >= 11 is 0. The van der Waals surface area contributed by atoms with E-state index in [4.69, 9.17) is 13.9 Å². The van der Waals surface area contributed by atoms with Gasteiger partial charge in [-0.3, -0.25) is 4.79 Å². The van der Waals surface area contributed by atoms with Gasteiger partial charge in [0, 0.05) is 50.3 Å². The molecule has 7 nitrogen and oxygen atoms in total. The molecule has 34 heavy (non-hydrogen) atoms. The molecule has 1 aliphatic heterocycles. The van der Waals surface area contributed by atoms with Crippen molar-refractivity contribution < 1.29 is 23.5 Å². The number of Topliss-reactive ketones (excluding diaryl/α,β-unsaturated/α-hetero) is 1. The van der Waals surface area contributed by atoms with E-state index >= 15 is 0 Å². The highest BCUT2D eigenvalue weighted by Gasteiger charge is 2.42. The first-order chi connectivity index (χ1) is 16.3. The Kier molecular flexibility index (Phi) is 6.93. The Labute approximate surface area is 200 Å². The van der Waals surface area contributed by atoms with Gasteiger partial charge in [0.25, 0.3) is 0 Å². The SMILES string of the molecule is COCCOC(=O)C1=C(C)NC2=C(C(=O)C[C@H](c3ccc(N(C)C)cc3)C2)[C@@H]1c1ccc(C)o1. The van der Waals surface area contributed by atoms with Crippen LogP contribution in [-0.4, -0.2) is 46.2 Å². The Bertz CT molecular complexity index is 1140. The van der Waals surface area contributed by atoms with Crippen LogP contribution >= 0.6 is 0 Å². The van der Waals surface area contributed by atoms with E-state index in [0.717, 1.165) is 22.7 Å². The summed E-state index contributed by atoms with van der Waals surface area (Å²) in [5.41, 5.74) is 4.78. The molecule has 2 aromatic rings. The second-order valence-corrected chi connectivity index (χ2v) is 9.08. The van der Waals surface area contributed by atoms with Crippen molar-refractivity contribution in [1.82, 2.24) is 5.32 Å². The molecule has 0 saturated heterocycles. The number of anilines is 1. The van der Waals surface area contributed by atoms with Crippen molar-refractivity contribution in [3.63, 3.8) is 0 Å². The fourth-order valence-corrected chi connectivity index (χ4v) is 4.78. The molecule has 1 N–H and O–H groups in total. The molecule has 180 valence electrons. The van der Waals surface area contributed by atoms with Crippen LogP contribution in [0.3, 0.4) is 0 Å². The third-order valence-corrected chi connectivity index (χ3v) is 6.49. The van der Waals surface area contributed by atoms with Crippen LogP contribution in [0.15, 0.2) is 63.4 Å². The number of nitrogens with zero attached hydrogens (tertiary/aromatic N) is 1. The molecule has 0 spiro atoms. The number of rotatable bonds is 7. The Hall–Kier alpha value is -3.32. The van der Waals surface area contributed by atoms with Crippen molar-refractivity contribution in [2.75, 3.05) is 39.3 Å². The average Bonchev–Trinajstić information content (AvgIpc) is 3.24. The van der Waals surface area contributed by atoms with Crippen LogP contribution in [-0.2, 0) is 19.1 Å². The number of carbonyl (C=O) groups is 2. The quantitative estimate of drug-likeness (QED) is 0.486. The summed E-state index contributed by atoms with van der Waals surface area (Å²) in [6, 6.07) is 12.0. The largest absolute Gasteiger partial charge is 0.465 e. The number of hydrogen-bond acceptors (Lipinski definition) is 7. The lowest BCUT2D eigenvalue weighted by molar-refractivity contribution is -0.140. The maximum Gasteiger partial charge on any atom is 0.336 e. The molecule has 1 aromatic heterocycles. The van der Waals surface area contributed by atoms with Gasteiger partial charge >= 0.3 is 5.97 Å². The minimum atomic E-state index is -0.593. The molecular formula is C27H32N2O5. The zero-order valence-electron chi connectivity index (χ0n) is 20.4. The van der Waals surface area contributed by atoms with E-state index in [-0.39, 0.29) is 18.3 Å². The van der Waals surface area contributed by atoms with Gasteiger partial charge in [-0.2, -0.15) is 0 Å². The minimum Gasteiger partial charge on any atom is -0.465 e. The van der Waals surface area contributed by atoms with E-state index in [1.54, 1.807) is 7.11 Å². The van der Waals surface area contributed by atoms with E-state index in [2.05, 4.69) is 34.5 Å². The van der Waals surface area contributed by atoms with E-state index < -0.39 is 11.9 Å². The van der Waals surface area contributed by atoms with Crippen molar-refractivity contribution in [2.45, 2.75) is 38.5 Å². The van der Waals surface area contributed by atoms with Gasteiger partial charge in [0.1, 0.15) is 18.1 Å². The van der Waals surface area contributed by atoms with Gasteiger partial charge in [-0.1, -0.05) is 12.1 Å². The van der Waals surface area contributed by atoms with Gasteiger partial charge < -0.3 is 24.1 Å². The summed E-state index contributed by atoms with van der Waals surface area (Å²) in [5, 5.41) is 3.36. The van der Waals surface area contributed by atoms with Crippen LogP contribution < -0.4 is 10.2 Å². The number of nitrogens with one attached hydrogen (secondary N) is 1. The van der Waals surface area contributed by atoms with E-state index in [9.17, 15) is 9.59 Å². The molecule has 0 saturated carbocycles. The summed E-state index contributed by atoms with van der Waals surface area (Å²) in [6.07, 6.45) is 1.06. The number of carbonyl (C=O) groups excluding carboxylic acids is 2. The van der Waals surface area contributed by atoms with Gasteiger partial charge in [-0.15, -0.1) is 0 Å². The maximum absolute atomic E-state index is 13.6. The number of benzene rings is 1. The Morgan fingerprint density at radius 2 is 1.82 bits per heavy atom. The summed E-state index contributed by atoms with van der Waals surface area (Å²) in [6.45, 7) is 4.14. The Morgan fingerprint density at radius 3 is 2.44 bits per heavy atom. The second kappa shape index (κ2) is 9.89. The fraction of sp³-hybridized carbons (Fsp3) is 0.407. The normalized spacial score (nSPS) is 20.2. The topological polar surface area (TPSA) is 81.0 Å². The lowest BCUT2D eigenvalue weighted by Crippen LogP contribution is -2.36. The lowest BCUT2D eigenvalue weighted by Gasteiger charge is -2.35. The molecule has 0 bridgehead atoms. The van der Waals surface area contributed by atoms with Crippen LogP contribution in [0, 0.1) is 6.92 Å². The number of ether oxygens (including phenoxy) is 2. The number of esters is 1. The maximum atomic E-state index is 13.6. The zero-order chi connectivity index (χ0) is 24.4. The first-order valence-corrected chi connectivity index (χ1v) is 11.5. The number of hydrogen-bond donors (Lipinski definition) is 1. The van der Waals surface area contributed by atoms with Gasteiger partial charge in [0.15, 0.2) is 5.78 Å². The van der Waals surface area contributed by atoms with E-state index in [0.29, 0.717) is 42.1 Å². The molecule has 4 rings (SSSR count). The monoisotopic (exact) mass is 464 g/mol. The predicted molar refractivity (Wildman–Crippen MR) is 130 cm³/mol. The Balaban J connectivity index is 1.69. The molecule has 2 atom stereocenters. The van der Waals surface area contributed by atoms with Gasteiger partial charge in [0.05, 0.1) is 18.1 Å². The van der Waals surface area contributed by atoms with Crippen LogP contribution in [0.4, 0.5) is 5.69 Å². The summed E-state index contributed by atoms with van der Waals surface area (Å²) in [5.74, 6) is 0.321. The number of aryl methyl sites for hydroxylation is 1. The van der Waals surface area contributed by atoms with Gasteiger partial charge in [-0.05, 0) is 56.0 Å². The fourth-order valence-electron chi connectivity index (χ4n) is 4.78. The molecule has 2 heterocycles. The van der Waals surface area contributed by atoms with Gasteiger partial charge in [0.2, 0.25) is 0 Å². The first-order valence-electron chi connectivity index (χ1n) is 11.5. The zero-order valence-corrected chi connectivity index (χ0v) is 20.4. The third kappa shape index (κ3) is 4.66. The molecule has 1 aliphatic carbocycles. The molecule has 0 fully saturated rings. The highest BCUT2D eigenvalue weighted by Crippen LogP contribution is 2.46. The number of methoxy groups -OCH3 is 1. The highest BCUT2D eigenvalue weighted by atomic mass is 16.6. The van der Waals surface area contributed by atoms with Crippen LogP contribution in [0.2, 0.25) is 0 Å². The van der Waals surface area contributed by atoms with Crippen molar-refractivity contribution in [1.29, 1.82) is 0 Å². The number of ketones is 1. The molecule has 0 radical (unpaired) electrons. The van der Waals surface area contributed by atoms with Crippen LogP contribution in [0.25, 0.3) is 0 Å². The number of allylic oxidation sites excluding steroid dienone is 3. The molecule has 1 aromatic carbocycles. The highest BCUT2D eigenvalue weighted by molar-refractivity contribution is 6.04. The standard InChI is InChI=1S/C27H32N2O5/c1-16-6-11-23(34-16)26-24(27(31)33-13-12-32-5)17(2)28-21-14-19(15-22(30)25(21)26)18-7-9-20(10-8-18)29(3)4/h6-11,19,26,28H,12-15H2,1-5H3/t19-,26-/m1/s1. The van der Waals surface area contributed by atoms with E-state index in [1.807, 2.05) is 40.1 Å². The molecule has 0 unspecified atom stereocenters. The van der Waals surface area contributed by atoms with Crippen molar-refractivity contribution in [3.8, 4) is 0 Å². The minimum absolute atomic E-state index is 0.0178. The second-order valence-electron chi connectivity index (χ2n) is 9.08. The third-order valence-electron chi connectivity index (χ3n) is 6.49. The van der Waals surface area contributed by atoms with Crippen molar-refractivity contribution in [3.05, 3.63) is 76.0 Å². The number of furan rings is 1. The molecule has 7 heteroatoms. The van der Waals surface area contributed by atoms with Crippen molar-refractivity contribution in [2.24, 2.45) is 0 Å². The summed E-state index contributed by atoms with van der Waals surface area (Å²) in [4.78, 5) is 28.7. The number of dihydropyridines is 1. The molecular weight excluding hydrogens is 432 g/mol. The smallest absolute Gasteiger partial charge is 0.336 e. The van der Waals surface area contributed by atoms with Gasteiger partial charge in [-0.25, -0.2) is 4.79 Å².